The second kappa shape index (κ2) is 5.92. The minimum Gasteiger partial charge on any atom is -0.311 e. The molecule has 0 spiro atoms. The van der Waals surface area contributed by atoms with Gasteiger partial charge in [-0.25, -0.2) is 0 Å². The number of piperazine rings is 1. The van der Waals surface area contributed by atoms with Crippen LogP contribution in [0.5, 0.6) is 0 Å². The molecule has 2 aliphatic rings. The third-order valence-electron chi connectivity index (χ3n) is 5.39. The molecule has 2 unspecified atom stereocenters. The fourth-order valence-corrected chi connectivity index (χ4v) is 3.55. The van der Waals surface area contributed by atoms with E-state index in [9.17, 15) is 0 Å². The summed E-state index contributed by atoms with van der Waals surface area (Å²) in [5, 5.41) is 3.71. The molecular formula is C16H32N2. The molecule has 2 atom stereocenters. The van der Waals surface area contributed by atoms with Crippen molar-refractivity contribution >= 4 is 0 Å². The molecule has 0 bridgehead atoms. The molecule has 2 rings (SSSR count). The molecular weight excluding hydrogens is 220 g/mol. The van der Waals surface area contributed by atoms with Crippen LogP contribution in [-0.4, -0.2) is 36.6 Å². The first-order valence-electron chi connectivity index (χ1n) is 7.99. The van der Waals surface area contributed by atoms with E-state index in [1.165, 1.54) is 51.7 Å². The van der Waals surface area contributed by atoms with Gasteiger partial charge >= 0.3 is 0 Å². The van der Waals surface area contributed by atoms with E-state index in [4.69, 9.17) is 0 Å². The van der Waals surface area contributed by atoms with Crippen LogP contribution in [0.3, 0.4) is 0 Å². The zero-order valence-electron chi connectivity index (χ0n) is 12.8. The van der Waals surface area contributed by atoms with Crippen molar-refractivity contribution in [1.82, 2.24) is 10.2 Å². The van der Waals surface area contributed by atoms with E-state index < -0.39 is 0 Å². The zero-order valence-corrected chi connectivity index (χ0v) is 12.8. The summed E-state index contributed by atoms with van der Waals surface area (Å²) in [7, 11) is 0. The summed E-state index contributed by atoms with van der Waals surface area (Å²) in [5.74, 6) is 0.813. The first-order chi connectivity index (χ1) is 8.52. The normalized spacial score (nSPS) is 32.3. The smallest absolute Gasteiger partial charge is 0.0221 e. The quantitative estimate of drug-likeness (QED) is 0.829. The first-order valence-corrected chi connectivity index (χ1v) is 7.99. The number of rotatable bonds is 3. The van der Waals surface area contributed by atoms with Gasteiger partial charge in [0.1, 0.15) is 0 Å². The lowest BCUT2D eigenvalue weighted by molar-refractivity contribution is 0.0713. The topological polar surface area (TPSA) is 15.3 Å². The highest BCUT2D eigenvalue weighted by molar-refractivity contribution is 4.89. The van der Waals surface area contributed by atoms with E-state index >= 15 is 0 Å². The number of hydrogen-bond donors (Lipinski definition) is 1. The molecule has 2 heteroatoms. The third-order valence-corrected chi connectivity index (χ3v) is 5.39. The Morgan fingerprint density at radius 1 is 1.28 bits per heavy atom. The molecule has 0 radical (unpaired) electrons. The molecule has 2 fully saturated rings. The van der Waals surface area contributed by atoms with Crippen molar-refractivity contribution in [3.8, 4) is 0 Å². The Balaban J connectivity index is 1.86. The molecule has 1 heterocycles. The summed E-state index contributed by atoms with van der Waals surface area (Å²) < 4.78 is 0. The second-order valence-corrected chi connectivity index (χ2v) is 7.34. The molecule has 18 heavy (non-hydrogen) atoms. The summed E-state index contributed by atoms with van der Waals surface area (Å²) in [6, 6.07) is 1.59. The molecule has 2 nitrogen and oxygen atoms in total. The Labute approximate surface area is 114 Å². The van der Waals surface area contributed by atoms with Crippen molar-refractivity contribution in [1.29, 1.82) is 0 Å². The van der Waals surface area contributed by atoms with Crippen LogP contribution in [0.1, 0.15) is 59.8 Å². The van der Waals surface area contributed by atoms with Crippen LogP contribution in [0.2, 0.25) is 0 Å². The van der Waals surface area contributed by atoms with Crippen molar-refractivity contribution < 1.29 is 0 Å². The molecule has 0 amide bonds. The van der Waals surface area contributed by atoms with Gasteiger partial charge in [-0.3, -0.25) is 4.90 Å². The Morgan fingerprint density at radius 3 is 2.56 bits per heavy atom. The molecule has 1 aliphatic heterocycles. The van der Waals surface area contributed by atoms with Crippen LogP contribution >= 0.6 is 0 Å². The van der Waals surface area contributed by atoms with Crippen LogP contribution < -0.4 is 5.32 Å². The molecule has 0 aromatic carbocycles. The van der Waals surface area contributed by atoms with Gasteiger partial charge in [0.15, 0.2) is 0 Å². The van der Waals surface area contributed by atoms with E-state index in [0.29, 0.717) is 5.41 Å². The number of hydrogen-bond acceptors (Lipinski definition) is 2. The second-order valence-electron chi connectivity index (χ2n) is 7.34. The van der Waals surface area contributed by atoms with Crippen LogP contribution in [-0.2, 0) is 0 Å². The zero-order chi connectivity index (χ0) is 13.2. The van der Waals surface area contributed by atoms with Gasteiger partial charge in [0.2, 0.25) is 0 Å². The van der Waals surface area contributed by atoms with Crippen molar-refractivity contribution in [2.24, 2.45) is 11.3 Å². The Hall–Kier alpha value is -0.0800. The summed E-state index contributed by atoms with van der Waals surface area (Å²) in [5.41, 5.74) is 0.598. The van der Waals surface area contributed by atoms with Gasteiger partial charge in [-0.2, -0.15) is 0 Å². The number of nitrogens with one attached hydrogen (secondary N) is 1. The highest BCUT2D eigenvalue weighted by Gasteiger charge is 2.33. The molecule has 1 saturated heterocycles. The maximum atomic E-state index is 3.71. The fraction of sp³-hybridized carbons (Fsp3) is 1.00. The van der Waals surface area contributed by atoms with Gasteiger partial charge in [-0.1, -0.05) is 34.1 Å². The van der Waals surface area contributed by atoms with Crippen molar-refractivity contribution in [3.63, 3.8) is 0 Å². The average molecular weight is 252 g/mol. The Kier molecular flexibility index (Phi) is 4.71. The van der Waals surface area contributed by atoms with Crippen molar-refractivity contribution in [2.75, 3.05) is 19.6 Å². The van der Waals surface area contributed by atoms with Crippen LogP contribution in [0, 0.1) is 11.3 Å². The van der Waals surface area contributed by atoms with Crippen molar-refractivity contribution in [3.05, 3.63) is 0 Å². The molecule has 1 saturated carbocycles. The van der Waals surface area contributed by atoms with E-state index in [-0.39, 0.29) is 0 Å². The molecule has 1 N–H and O–H groups in total. The fourth-order valence-electron chi connectivity index (χ4n) is 3.55. The van der Waals surface area contributed by atoms with E-state index in [2.05, 4.69) is 37.9 Å². The summed E-state index contributed by atoms with van der Waals surface area (Å²) in [6.45, 7) is 13.3. The summed E-state index contributed by atoms with van der Waals surface area (Å²) >= 11 is 0. The van der Waals surface area contributed by atoms with Gasteiger partial charge in [0, 0.05) is 31.7 Å². The first kappa shape index (κ1) is 14.3. The predicted octanol–water partition coefficient (Wildman–Crippen LogP) is 3.28. The van der Waals surface area contributed by atoms with Gasteiger partial charge in [0.05, 0.1) is 0 Å². The van der Waals surface area contributed by atoms with Crippen LogP contribution in [0.25, 0.3) is 0 Å². The van der Waals surface area contributed by atoms with Gasteiger partial charge in [-0.15, -0.1) is 0 Å². The lowest BCUT2D eigenvalue weighted by Crippen LogP contribution is -2.56. The Bertz CT molecular complexity index is 252. The summed E-state index contributed by atoms with van der Waals surface area (Å²) in [6.07, 6.45) is 6.95. The Morgan fingerprint density at radius 2 is 1.94 bits per heavy atom. The third kappa shape index (κ3) is 3.48. The average Bonchev–Trinajstić information content (AvgIpc) is 2.38. The SMILES string of the molecule is CCC(C)C1CN(C2CCC(C)(C)CC2)CCN1. The summed E-state index contributed by atoms with van der Waals surface area (Å²) in [4.78, 5) is 2.78. The van der Waals surface area contributed by atoms with E-state index in [1.807, 2.05) is 0 Å². The monoisotopic (exact) mass is 252 g/mol. The highest BCUT2D eigenvalue weighted by atomic mass is 15.2. The maximum absolute atomic E-state index is 3.71. The number of nitrogens with zero attached hydrogens (tertiary/aromatic N) is 1. The largest absolute Gasteiger partial charge is 0.311 e. The highest BCUT2D eigenvalue weighted by Crippen LogP contribution is 2.37. The molecule has 1 aliphatic carbocycles. The van der Waals surface area contributed by atoms with Crippen molar-refractivity contribution in [2.45, 2.75) is 71.9 Å². The minimum absolute atomic E-state index is 0.598. The molecule has 0 aromatic heterocycles. The van der Waals surface area contributed by atoms with E-state index in [1.54, 1.807) is 0 Å². The maximum Gasteiger partial charge on any atom is 0.0221 e. The molecule has 0 aromatic rings. The van der Waals surface area contributed by atoms with E-state index in [0.717, 1.165) is 18.0 Å². The standard InChI is InChI=1S/C16H32N2/c1-5-13(2)15-12-18(11-10-17-15)14-6-8-16(3,4)9-7-14/h13-15,17H,5-12H2,1-4H3. The molecule has 106 valence electrons. The predicted molar refractivity (Wildman–Crippen MR) is 78.9 cm³/mol. The minimum atomic E-state index is 0.598. The van der Waals surface area contributed by atoms with Crippen LogP contribution in [0.15, 0.2) is 0 Å². The van der Waals surface area contributed by atoms with Crippen LogP contribution in [0.4, 0.5) is 0 Å². The lowest BCUT2D eigenvalue weighted by atomic mass is 9.75. The van der Waals surface area contributed by atoms with Gasteiger partial charge in [0.25, 0.3) is 0 Å². The lowest BCUT2D eigenvalue weighted by Gasteiger charge is -2.44. The van der Waals surface area contributed by atoms with Gasteiger partial charge < -0.3 is 5.32 Å². The van der Waals surface area contributed by atoms with Gasteiger partial charge in [-0.05, 0) is 37.0 Å².